The van der Waals surface area contributed by atoms with Gasteiger partial charge in [-0.1, -0.05) is 35.5 Å². The van der Waals surface area contributed by atoms with Gasteiger partial charge in [0.2, 0.25) is 5.89 Å². The molecule has 0 radical (unpaired) electrons. The zero-order valence-corrected chi connectivity index (χ0v) is 15.7. The normalized spacial score (nSPS) is 10.8. The number of methoxy groups -OCH3 is 1. The van der Waals surface area contributed by atoms with Gasteiger partial charge in [0.05, 0.1) is 6.54 Å². The largest absolute Gasteiger partial charge is 0.427 e. The van der Waals surface area contributed by atoms with Gasteiger partial charge in [-0.3, -0.25) is 4.79 Å². The van der Waals surface area contributed by atoms with Crippen molar-refractivity contribution in [1.29, 1.82) is 0 Å². The van der Waals surface area contributed by atoms with Gasteiger partial charge in [-0.15, -0.1) is 0 Å². The lowest BCUT2D eigenvalue weighted by molar-refractivity contribution is 0.0941. The third-order valence-corrected chi connectivity index (χ3v) is 4.11. The van der Waals surface area contributed by atoms with E-state index in [1.165, 1.54) is 7.11 Å². The summed E-state index contributed by atoms with van der Waals surface area (Å²) in [4.78, 5) is 28.8. The summed E-state index contributed by atoms with van der Waals surface area (Å²) in [6, 6.07) is 11.6. The maximum atomic E-state index is 12.4. The van der Waals surface area contributed by atoms with Crippen LogP contribution in [0.25, 0.3) is 0 Å². The van der Waals surface area contributed by atoms with Gasteiger partial charge in [0.1, 0.15) is 17.9 Å². The predicted octanol–water partition coefficient (Wildman–Crippen LogP) is 2.19. The van der Waals surface area contributed by atoms with E-state index < -0.39 is 11.5 Å². The predicted molar refractivity (Wildman–Crippen MR) is 99.7 cm³/mol. The molecule has 0 aliphatic carbocycles. The Hall–Kier alpha value is -3.26. The number of aromatic nitrogens is 2. The molecule has 8 nitrogen and oxygen atoms in total. The highest BCUT2D eigenvalue weighted by Gasteiger charge is 2.18. The Kier molecular flexibility index (Phi) is 6.33. The molecule has 3 aromatic rings. The molecule has 0 bridgehead atoms. The number of nitrogens with zero attached hydrogens (tertiary/aromatic N) is 2. The van der Waals surface area contributed by atoms with Crippen molar-refractivity contribution < 1.29 is 18.5 Å². The zero-order chi connectivity index (χ0) is 19.9. The molecule has 1 N–H and O–H groups in total. The van der Waals surface area contributed by atoms with Gasteiger partial charge in [0.25, 0.3) is 5.91 Å². The molecule has 0 spiro atoms. The number of aryl methyl sites for hydroxylation is 3. The molecule has 0 atom stereocenters. The summed E-state index contributed by atoms with van der Waals surface area (Å²) in [5.74, 6) is 0.600. The first-order valence-electron chi connectivity index (χ1n) is 8.83. The quantitative estimate of drug-likeness (QED) is 0.635. The van der Waals surface area contributed by atoms with E-state index in [2.05, 4.69) is 15.5 Å². The number of hydrogen-bond donors (Lipinski definition) is 1. The number of ether oxygens (including phenoxy) is 1. The van der Waals surface area contributed by atoms with Crippen LogP contribution in [0.2, 0.25) is 0 Å². The first-order valence-corrected chi connectivity index (χ1v) is 8.83. The number of carbonyl (C=O) groups is 1. The number of amides is 1. The molecular formula is C20H21N3O5. The Balaban J connectivity index is 1.64. The highest BCUT2D eigenvalue weighted by molar-refractivity contribution is 5.94. The lowest BCUT2D eigenvalue weighted by Gasteiger charge is -2.07. The van der Waals surface area contributed by atoms with Crippen molar-refractivity contribution in [2.24, 2.45) is 0 Å². The van der Waals surface area contributed by atoms with Crippen molar-refractivity contribution in [2.75, 3.05) is 7.11 Å². The SMILES string of the molecule is COCc1noc(CNC(=O)c2c(C)cc(CCc3ccccc3)oc2=O)n1. The number of benzene rings is 1. The molecule has 0 aliphatic heterocycles. The molecule has 2 heterocycles. The summed E-state index contributed by atoms with van der Waals surface area (Å²) in [5, 5.41) is 6.30. The first-order chi connectivity index (χ1) is 13.6. The van der Waals surface area contributed by atoms with E-state index in [-0.39, 0.29) is 24.6 Å². The molecular weight excluding hydrogens is 362 g/mol. The molecule has 1 amide bonds. The van der Waals surface area contributed by atoms with Crippen LogP contribution in [0.3, 0.4) is 0 Å². The fourth-order valence-electron chi connectivity index (χ4n) is 2.78. The van der Waals surface area contributed by atoms with Crippen molar-refractivity contribution in [3.8, 4) is 0 Å². The first kappa shape index (κ1) is 19.5. The van der Waals surface area contributed by atoms with Gasteiger partial charge in [0.15, 0.2) is 5.82 Å². The number of carbonyl (C=O) groups excluding carboxylic acids is 1. The minimum atomic E-state index is -0.661. The van der Waals surface area contributed by atoms with E-state index in [1.807, 2.05) is 30.3 Å². The summed E-state index contributed by atoms with van der Waals surface area (Å²) >= 11 is 0. The summed E-state index contributed by atoms with van der Waals surface area (Å²) in [6.45, 7) is 1.93. The topological polar surface area (TPSA) is 107 Å². The highest BCUT2D eigenvalue weighted by atomic mass is 16.5. The van der Waals surface area contributed by atoms with Gasteiger partial charge < -0.3 is 19.0 Å². The van der Waals surface area contributed by atoms with Crippen LogP contribution in [-0.4, -0.2) is 23.2 Å². The third kappa shape index (κ3) is 4.92. The molecule has 0 unspecified atom stereocenters. The van der Waals surface area contributed by atoms with Gasteiger partial charge in [-0.25, -0.2) is 4.79 Å². The average Bonchev–Trinajstić information content (AvgIpc) is 3.13. The van der Waals surface area contributed by atoms with Crippen LogP contribution >= 0.6 is 0 Å². The van der Waals surface area contributed by atoms with Crippen molar-refractivity contribution in [3.05, 3.63) is 81.0 Å². The van der Waals surface area contributed by atoms with Gasteiger partial charge in [-0.05, 0) is 30.5 Å². The van der Waals surface area contributed by atoms with Gasteiger partial charge >= 0.3 is 5.63 Å². The third-order valence-electron chi connectivity index (χ3n) is 4.11. The van der Waals surface area contributed by atoms with E-state index in [9.17, 15) is 9.59 Å². The van der Waals surface area contributed by atoms with E-state index >= 15 is 0 Å². The zero-order valence-electron chi connectivity index (χ0n) is 15.7. The summed E-state index contributed by atoms with van der Waals surface area (Å²) in [5.41, 5.74) is 1.02. The van der Waals surface area contributed by atoms with Gasteiger partial charge in [-0.2, -0.15) is 4.98 Å². The Labute approximate surface area is 161 Å². The standard InChI is InChI=1S/C20H21N3O5/c1-13-10-15(9-8-14-6-4-3-5-7-14)27-20(25)18(13)19(24)21-11-17-22-16(12-26-2)23-28-17/h3-7,10H,8-9,11-12H2,1-2H3,(H,21,24). The minimum Gasteiger partial charge on any atom is -0.427 e. The summed E-state index contributed by atoms with van der Waals surface area (Å²) in [6.07, 6.45) is 1.32. The highest BCUT2D eigenvalue weighted by Crippen LogP contribution is 2.11. The van der Waals surface area contributed by atoms with Crippen LogP contribution in [-0.2, 0) is 30.7 Å². The Morgan fingerprint density at radius 1 is 1.21 bits per heavy atom. The molecule has 28 heavy (non-hydrogen) atoms. The smallest absolute Gasteiger partial charge is 0.349 e. The molecule has 2 aromatic heterocycles. The number of rotatable bonds is 8. The van der Waals surface area contributed by atoms with Crippen LogP contribution in [0, 0.1) is 6.92 Å². The maximum absolute atomic E-state index is 12.4. The summed E-state index contributed by atoms with van der Waals surface area (Å²) < 4.78 is 15.2. The maximum Gasteiger partial charge on any atom is 0.349 e. The lowest BCUT2D eigenvalue weighted by Crippen LogP contribution is -2.29. The molecule has 0 saturated carbocycles. The Morgan fingerprint density at radius 2 is 2.00 bits per heavy atom. The Morgan fingerprint density at radius 3 is 2.71 bits per heavy atom. The molecule has 0 fully saturated rings. The summed E-state index contributed by atoms with van der Waals surface area (Å²) in [7, 11) is 1.52. The van der Waals surface area contributed by atoms with E-state index in [4.69, 9.17) is 13.7 Å². The molecule has 8 heteroatoms. The average molecular weight is 383 g/mol. The minimum absolute atomic E-state index is 0.00415. The number of nitrogens with one attached hydrogen (secondary N) is 1. The van der Waals surface area contributed by atoms with Crippen molar-refractivity contribution >= 4 is 5.91 Å². The van der Waals surface area contributed by atoms with E-state index in [0.717, 1.165) is 12.0 Å². The fourth-order valence-corrected chi connectivity index (χ4v) is 2.78. The monoisotopic (exact) mass is 383 g/mol. The molecule has 146 valence electrons. The van der Waals surface area contributed by atoms with Crippen molar-refractivity contribution in [3.63, 3.8) is 0 Å². The van der Waals surface area contributed by atoms with Gasteiger partial charge in [0, 0.05) is 13.5 Å². The molecule has 1 aromatic carbocycles. The van der Waals surface area contributed by atoms with Crippen molar-refractivity contribution in [2.45, 2.75) is 32.9 Å². The van der Waals surface area contributed by atoms with Crippen LogP contribution in [0.15, 0.2) is 50.1 Å². The van der Waals surface area contributed by atoms with Crippen LogP contribution in [0.5, 0.6) is 0 Å². The second-order valence-electron chi connectivity index (χ2n) is 6.26. The second-order valence-corrected chi connectivity index (χ2v) is 6.26. The van der Waals surface area contributed by atoms with Crippen LogP contribution in [0.4, 0.5) is 0 Å². The molecule has 0 saturated heterocycles. The number of hydrogen-bond acceptors (Lipinski definition) is 7. The molecule has 3 rings (SSSR count). The van der Waals surface area contributed by atoms with Crippen LogP contribution in [0.1, 0.15) is 39.0 Å². The lowest BCUT2D eigenvalue weighted by atomic mass is 10.1. The van der Waals surface area contributed by atoms with E-state index in [1.54, 1.807) is 13.0 Å². The van der Waals surface area contributed by atoms with Crippen LogP contribution < -0.4 is 10.9 Å². The van der Waals surface area contributed by atoms with Crippen molar-refractivity contribution in [1.82, 2.24) is 15.5 Å². The Bertz CT molecular complexity index is 995. The molecule has 0 aliphatic rings. The second kappa shape index (κ2) is 9.09. The fraction of sp³-hybridized carbons (Fsp3) is 0.300. The van der Waals surface area contributed by atoms with E-state index in [0.29, 0.717) is 23.6 Å².